The topological polar surface area (TPSA) is 85.4 Å². The lowest BCUT2D eigenvalue weighted by atomic mass is 9.95. The van der Waals surface area contributed by atoms with Crippen LogP contribution in [0.4, 0.5) is 0 Å². The minimum absolute atomic E-state index is 0.118. The van der Waals surface area contributed by atoms with Gasteiger partial charge in [0.25, 0.3) is 11.7 Å². The fraction of sp³-hybridized carbons (Fsp3) is 0.348. The Kier molecular flexibility index (Phi) is 6.52. The zero-order valence-electron chi connectivity index (χ0n) is 17.9. The molecule has 7 heteroatoms. The highest BCUT2D eigenvalue weighted by atomic mass is 16.5. The van der Waals surface area contributed by atoms with E-state index in [0.29, 0.717) is 17.9 Å². The molecular weight excluding hydrogens is 382 g/mol. The van der Waals surface area contributed by atoms with Gasteiger partial charge < -0.3 is 19.6 Å². The number of hydrogen-bond donors (Lipinski definition) is 2. The molecule has 1 amide bonds. The molecule has 3 rings (SSSR count). The van der Waals surface area contributed by atoms with E-state index >= 15 is 0 Å². The van der Waals surface area contributed by atoms with Crippen LogP contribution < -0.4 is 14.6 Å². The summed E-state index contributed by atoms with van der Waals surface area (Å²) in [5.74, 6) is -0.713. The Morgan fingerprint density at radius 1 is 1.20 bits per heavy atom. The van der Waals surface area contributed by atoms with Crippen molar-refractivity contribution in [1.29, 1.82) is 0 Å². The number of hydrogen-bond acceptors (Lipinski definition) is 4. The monoisotopic (exact) mass is 411 g/mol. The number of carbonyl (C=O) groups excluding carboxylic acids is 2. The molecule has 1 aliphatic heterocycles. The van der Waals surface area contributed by atoms with Crippen molar-refractivity contribution in [3.8, 4) is 5.75 Å². The van der Waals surface area contributed by atoms with Crippen LogP contribution in [-0.2, 0) is 9.59 Å². The van der Waals surface area contributed by atoms with Crippen molar-refractivity contribution in [1.82, 2.24) is 4.90 Å². The lowest BCUT2D eigenvalue weighted by molar-refractivity contribution is -0.858. The van der Waals surface area contributed by atoms with Crippen molar-refractivity contribution < 1.29 is 29.3 Å². The van der Waals surface area contributed by atoms with Gasteiger partial charge in [-0.25, -0.2) is 4.98 Å². The van der Waals surface area contributed by atoms with Crippen LogP contribution >= 0.6 is 0 Å². The Bertz CT molecular complexity index is 970. The Morgan fingerprint density at radius 2 is 1.90 bits per heavy atom. The number of methoxy groups -OCH3 is 1. The van der Waals surface area contributed by atoms with E-state index in [1.807, 2.05) is 33.2 Å². The van der Waals surface area contributed by atoms with Gasteiger partial charge in [0.2, 0.25) is 0 Å². The van der Waals surface area contributed by atoms with Crippen LogP contribution in [0.15, 0.2) is 48.3 Å². The number of ketones is 1. The summed E-state index contributed by atoms with van der Waals surface area (Å²) in [4.78, 5) is 31.7. The maximum atomic E-state index is 13.0. The van der Waals surface area contributed by atoms with E-state index in [9.17, 15) is 14.7 Å². The highest BCUT2D eigenvalue weighted by Gasteiger charge is 2.46. The largest absolute Gasteiger partial charge is 0.507 e. The first-order valence-corrected chi connectivity index (χ1v) is 10.0. The van der Waals surface area contributed by atoms with Gasteiger partial charge in [-0.05, 0) is 36.2 Å². The number of quaternary nitrogens is 1. The number of rotatable bonds is 7. The van der Waals surface area contributed by atoms with Gasteiger partial charge >= 0.3 is 0 Å². The molecule has 1 saturated heterocycles. The van der Waals surface area contributed by atoms with Crippen LogP contribution in [0.25, 0.3) is 5.76 Å². The van der Waals surface area contributed by atoms with Crippen LogP contribution in [0, 0.1) is 6.92 Å². The molecule has 158 valence electrons. The summed E-state index contributed by atoms with van der Waals surface area (Å²) in [6.45, 7) is 3.18. The molecule has 1 aromatic carbocycles. The summed E-state index contributed by atoms with van der Waals surface area (Å²) in [5, 5.41) is 11.1. The van der Waals surface area contributed by atoms with E-state index in [2.05, 4.69) is 4.98 Å². The number of likely N-dealkylation sites (tertiary alicyclic amines) is 1. The van der Waals surface area contributed by atoms with Crippen molar-refractivity contribution in [3.63, 3.8) is 0 Å². The summed E-state index contributed by atoms with van der Waals surface area (Å²) in [6.07, 6.45) is 4.25. The number of aryl methyl sites for hydroxylation is 1. The molecule has 2 aromatic rings. The van der Waals surface area contributed by atoms with Crippen LogP contribution in [0.5, 0.6) is 5.75 Å². The summed E-state index contributed by atoms with van der Waals surface area (Å²) in [5.41, 5.74) is 2.21. The average molecular weight is 412 g/mol. The number of carbonyl (C=O) groups is 2. The van der Waals surface area contributed by atoms with Crippen molar-refractivity contribution in [2.45, 2.75) is 19.4 Å². The molecule has 0 spiro atoms. The number of nitrogens with one attached hydrogen (secondary N) is 2. The normalized spacial score (nSPS) is 18.3. The molecule has 1 atom stereocenters. The number of Topliss-reactive ketones (excluding diaryl/α,β-unsaturated/α-hetero) is 1. The fourth-order valence-corrected chi connectivity index (χ4v) is 3.82. The second-order valence-electron chi connectivity index (χ2n) is 7.82. The Labute approximate surface area is 176 Å². The minimum atomic E-state index is -0.656. The highest BCUT2D eigenvalue weighted by Crippen LogP contribution is 2.39. The van der Waals surface area contributed by atoms with Crippen molar-refractivity contribution in [2.75, 3.05) is 34.3 Å². The standard InChI is InChI=1S/C23H27N3O4/c1-15-14-17(6-7-18(15)30-4)21(27)19-20(16-8-10-24-11-9-16)26(23(29)22(19)28)13-5-12-25(2)3/h6-11,14,20,27H,5,12-13H2,1-4H3/p+2. The molecule has 0 radical (unpaired) electrons. The lowest BCUT2D eigenvalue weighted by Crippen LogP contribution is -3.05. The van der Waals surface area contributed by atoms with Crippen molar-refractivity contribution >= 4 is 17.4 Å². The van der Waals surface area contributed by atoms with Crippen LogP contribution in [0.1, 0.15) is 29.2 Å². The van der Waals surface area contributed by atoms with E-state index in [0.717, 1.165) is 24.1 Å². The number of aliphatic hydroxyl groups is 1. The Morgan fingerprint density at radius 3 is 2.50 bits per heavy atom. The average Bonchev–Trinajstić information content (AvgIpc) is 2.98. The number of ether oxygens (including phenoxy) is 1. The van der Waals surface area contributed by atoms with Crippen LogP contribution in [0.2, 0.25) is 0 Å². The molecule has 3 N–H and O–H groups in total. The van der Waals surface area contributed by atoms with Crippen LogP contribution in [0.3, 0.4) is 0 Å². The van der Waals surface area contributed by atoms with E-state index in [1.165, 1.54) is 4.90 Å². The zero-order valence-corrected chi connectivity index (χ0v) is 17.9. The van der Waals surface area contributed by atoms with Crippen LogP contribution in [-0.4, -0.2) is 56.0 Å². The van der Waals surface area contributed by atoms with Gasteiger partial charge in [-0.1, -0.05) is 0 Å². The number of aromatic nitrogens is 1. The van der Waals surface area contributed by atoms with Gasteiger partial charge in [-0.2, -0.15) is 0 Å². The van der Waals surface area contributed by atoms with Gasteiger partial charge in [-0.3, -0.25) is 9.59 Å². The summed E-state index contributed by atoms with van der Waals surface area (Å²) in [7, 11) is 5.67. The van der Waals surface area contributed by atoms with E-state index in [1.54, 1.807) is 42.6 Å². The summed E-state index contributed by atoms with van der Waals surface area (Å²) >= 11 is 0. The number of nitrogens with zero attached hydrogens (tertiary/aromatic N) is 1. The van der Waals surface area contributed by atoms with Gasteiger partial charge in [0.1, 0.15) is 11.5 Å². The van der Waals surface area contributed by atoms with Gasteiger partial charge in [0.15, 0.2) is 12.4 Å². The molecule has 0 saturated carbocycles. The quantitative estimate of drug-likeness (QED) is 0.401. The SMILES string of the molecule is COc1ccc(C(O)=C2C(=O)C(=O)N(CCC[NH+](C)C)C2c2cc[nH+]cc2)cc1C. The molecule has 1 aromatic heterocycles. The van der Waals surface area contributed by atoms with E-state index in [4.69, 9.17) is 4.74 Å². The Hall–Kier alpha value is -3.19. The third-order valence-electron chi connectivity index (χ3n) is 5.34. The van der Waals surface area contributed by atoms with E-state index < -0.39 is 17.7 Å². The predicted molar refractivity (Wildman–Crippen MR) is 112 cm³/mol. The smallest absolute Gasteiger partial charge is 0.295 e. The predicted octanol–water partition coefficient (Wildman–Crippen LogP) is 0.774. The van der Waals surface area contributed by atoms with E-state index in [-0.39, 0.29) is 11.3 Å². The minimum Gasteiger partial charge on any atom is -0.507 e. The van der Waals surface area contributed by atoms with Gasteiger partial charge in [0, 0.05) is 30.7 Å². The first-order valence-electron chi connectivity index (χ1n) is 10.0. The van der Waals surface area contributed by atoms with Crippen molar-refractivity contribution in [2.24, 2.45) is 0 Å². The molecule has 1 fully saturated rings. The second kappa shape index (κ2) is 9.09. The maximum Gasteiger partial charge on any atom is 0.295 e. The number of aromatic amines is 1. The van der Waals surface area contributed by atoms with Gasteiger partial charge in [0.05, 0.1) is 39.4 Å². The molecule has 0 aliphatic carbocycles. The number of amides is 1. The number of pyridine rings is 1. The fourth-order valence-electron chi connectivity index (χ4n) is 3.82. The first kappa shape index (κ1) is 21.5. The molecule has 2 heterocycles. The number of benzene rings is 1. The molecule has 30 heavy (non-hydrogen) atoms. The number of H-pyrrole nitrogens is 1. The maximum absolute atomic E-state index is 13.0. The number of aliphatic hydroxyl groups excluding tert-OH is 1. The molecule has 1 unspecified atom stereocenters. The first-order chi connectivity index (χ1) is 14.3. The third-order valence-corrected chi connectivity index (χ3v) is 5.34. The molecule has 0 bridgehead atoms. The highest BCUT2D eigenvalue weighted by molar-refractivity contribution is 6.46. The summed E-state index contributed by atoms with van der Waals surface area (Å²) < 4.78 is 5.28. The summed E-state index contributed by atoms with van der Waals surface area (Å²) in [6, 6.07) is 8.22. The van der Waals surface area contributed by atoms with Gasteiger partial charge in [-0.15, -0.1) is 0 Å². The second-order valence-corrected chi connectivity index (χ2v) is 7.82. The van der Waals surface area contributed by atoms with Crippen molar-refractivity contribution in [3.05, 3.63) is 65.0 Å². The molecule has 1 aliphatic rings. The Balaban J connectivity index is 2.08. The molecule has 7 nitrogen and oxygen atoms in total. The third kappa shape index (κ3) is 4.21. The zero-order chi connectivity index (χ0) is 21.8. The molecular formula is C23H29N3O4+2. The lowest BCUT2D eigenvalue weighted by Gasteiger charge is -2.25.